The molecule has 1 unspecified atom stereocenters. The van der Waals surface area contributed by atoms with Gasteiger partial charge in [-0.3, -0.25) is 9.59 Å². The Hall–Kier alpha value is -2.76. The van der Waals surface area contributed by atoms with Crippen LogP contribution in [0.15, 0.2) is 77.7 Å². The third-order valence-electron chi connectivity index (χ3n) is 4.74. The van der Waals surface area contributed by atoms with Crippen molar-refractivity contribution < 1.29 is 9.59 Å². The number of nitrogens with one attached hydrogen (secondary N) is 2. The van der Waals surface area contributed by atoms with Gasteiger partial charge in [0.25, 0.3) is 0 Å². The molecule has 0 aliphatic carbocycles. The predicted octanol–water partition coefficient (Wildman–Crippen LogP) is 6.86. The number of thioether (sulfide) groups is 1. The fourth-order valence-electron chi connectivity index (χ4n) is 3.05. The Balaban J connectivity index is 1.79. The molecule has 1 atom stereocenters. The SMILES string of the molecule is CCCC(=O)Nc1ccc(SC(C(=O)Nc2cccc(Cl)c2C)c2ccccc2)cc1. The molecular weight excluding hydrogens is 428 g/mol. The van der Waals surface area contributed by atoms with Crippen molar-refractivity contribution in [3.8, 4) is 0 Å². The first-order chi connectivity index (χ1) is 15.0. The minimum atomic E-state index is -0.444. The second kappa shape index (κ2) is 11.0. The summed E-state index contributed by atoms with van der Waals surface area (Å²) in [6, 6.07) is 22.7. The maximum absolute atomic E-state index is 13.2. The first kappa shape index (κ1) is 22.9. The van der Waals surface area contributed by atoms with Crippen LogP contribution in [0.25, 0.3) is 0 Å². The van der Waals surface area contributed by atoms with Crippen molar-refractivity contribution in [1.29, 1.82) is 0 Å². The second-order valence-corrected chi connectivity index (χ2v) is 8.72. The van der Waals surface area contributed by atoms with Gasteiger partial charge in [-0.1, -0.05) is 54.9 Å². The highest BCUT2D eigenvalue weighted by Crippen LogP contribution is 2.37. The van der Waals surface area contributed by atoms with E-state index in [2.05, 4.69) is 10.6 Å². The second-order valence-electron chi connectivity index (χ2n) is 7.13. The van der Waals surface area contributed by atoms with Crippen LogP contribution in [-0.2, 0) is 9.59 Å². The summed E-state index contributed by atoms with van der Waals surface area (Å²) >= 11 is 7.67. The van der Waals surface area contributed by atoms with E-state index in [4.69, 9.17) is 11.6 Å². The van der Waals surface area contributed by atoms with Crippen molar-refractivity contribution in [3.05, 3.63) is 88.9 Å². The summed E-state index contributed by atoms with van der Waals surface area (Å²) in [5.41, 5.74) is 3.19. The van der Waals surface area contributed by atoms with Crippen molar-refractivity contribution >= 4 is 46.6 Å². The Bertz CT molecular complexity index is 1040. The number of anilines is 2. The van der Waals surface area contributed by atoms with Crippen LogP contribution in [0, 0.1) is 6.92 Å². The fraction of sp³-hybridized carbons (Fsp3) is 0.200. The van der Waals surface area contributed by atoms with Gasteiger partial charge in [-0.2, -0.15) is 0 Å². The van der Waals surface area contributed by atoms with Gasteiger partial charge in [0.15, 0.2) is 0 Å². The number of carbonyl (C=O) groups is 2. The summed E-state index contributed by atoms with van der Waals surface area (Å²) in [7, 11) is 0. The van der Waals surface area contributed by atoms with Gasteiger partial charge in [-0.15, -0.1) is 11.8 Å². The monoisotopic (exact) mass is 452 g/mol. The Kier molecular flexibility index (Phi) is 8.15. The predicted molar refractivity (Wildman–Crippen MR) is 130 cm³/mol. The van der Waals surface area contributed by atoms with Gasteiger partial charge < -0.3 is 10.6 Å². The van der Waals surface area contributed by atoms with E-state index >= 15 is 0 Å². The summed E-state index contributed by atoms with van der Waals surface area (Å²) in [5.74, 6) is -0.122. The van der Waals surface area contributed by atoms with Gasteiger partial charge >= 0.3 is 0 Å². The normalized spacial score (nSPS) is 11.6. The molecule has 0 aliphatic rings. The quantitative estimate of drug-likeness (QED) is 0.367. The molecule has 31 heavy (non-hydrogen) atoms. The molecule has 0 radical (unpaired) electrons. The molecule has 0 saturated heterocycles. The molecule has 160 valence electrons. The Morgan fingerprint density at radius 3 is 2.32 bits per heavy atom. The number of hydrogen-bond donors (Lipinski definition) is 2. The standard InChI is InChI=1S/C25H25ClN2O2S/c1-3-8-23(29)27-19-13-15-20(16-14-19)31-24(18-9-5-4-6-10-18)25(30)28-22-12-7-11-21(26)17(22)2/h4-7,9-16,24H,3,8H2,1-2H3,(H,27,29)(H,28,30). The molecule has 0 aliphatic heterocycles. The summed E-state index contributed by atoms with van der Waals surface area (Å²) in [5, 5.41) is 6.07. The van der Waals surface area contributed by atoms with Gasteiger partial charge in [0.05, 0.1) is 0 Å². The maximum atomic E-state index is 13.2. The molecule has 0 heterocycles. The number of amides is 2. The first-order valence-electron chi connectivity index (χ1n) is 10.2. The van der Waals surface area contributed by atoms with E-state index in [0.29, 0.717) is 17.1 Å². The zero-order valence-electron chi connectivity index (χ0n) is 17.5. The third kappa shape index (κ3) is 6.36. The summed E-state index contributed by atoms with van der Waals surface area (Å²) in [4.78, 5) is 26.0. The number of carbonyl (C=O) groups excluding carboxylic acids is 2. The highest BCUT2D eigenvalue weighted by Gasteiger charge is 2.23. The Morgan fingerprint density at radius 1 is 0.935 bits per heavy atom. The van der Waals surface area contributed by atoms with E-state index in [1.54, 1.807) is 6.07 Å². The zero-order valence-corrected chi connectivity index (χ0v) is 19.1. The van der Waals surface area contributed by atoms with E-state index in [9.17, 15) is 9.59 Å². The molecule has 0 fully saturated rings. The molecule has 3 rings (SSSR count). The van der Waals surface area contributed by atoms with Gasteiger partial charge in [-0.05, 0) is 60.9 Å². The smallest absolute Gasteiger partial charge is 0.242 e. The van der Waals surface area contributed by atoms with Crippen LogP contribution < -0.4 is 10.6 Å². The van der Waals surface area contributed by atoms with Crippen LogP contribution >= 0.6 is 23.4 Å². The van der Waals surface area contributed by atoms with E-state index in [0.717, 1.165) is 28.1 Å². The minimum Gasteiger partial charge on any atom is -0.326 e. The lowest BCUT2D eigenvalue weighted by Crippen LogP contribution is -2.19. The molecule has 0 saturated carbocycles. The molecule has 4 nitrogen and oxygen atoms in total. The lowest BCUT2D eigenvalue weighted by Gasteiger charge is -2.18. The van der Waals surface area contributed by atoms with Gasteiger partial charge in [0.1, 0.15) is 5.25 Å². The molecule has 3 aromatic carbocycles. The van der Waals surface area contributed by atoms with E-state index in [1.807, 2.05) is 80.6 Å². The van der Waals surface area contributed by atoms with Gasteiger partial charge in [0, 0.05) is 27.7 Å². The van der Waals surface area contributed by atoms with Crippen LogP contribution in [0.3, 0.4) is 0 Å². The fourth-order valence-corrected chi connectivity index (χ4v) is 4.24. The van der Waals surface area contributed by atoms with Crippen LogP contribution in [-0.4, -0.2) is 11.8 Å². The number of hydrogen-bond acceptors (Lipinski definition) is 3. The lowest BCUT2D eigenvalue weighted by molar-refractivity contribution is -0.116. The first-order valence-corrected chi connectivity index (χ1v) is 11.4. The highest BCUT2D eigenvalue weighted by molar-refractivity contribution is 8.00. The van der Waals surface area contributed by atoms with Crippen molar-refractivity contribution in [2.45, 2.75) is 36.8 Å². The van der Waals surface area contributed by atoms with Crippen LogP contribution in [0.5, 0.6) is 0 Å². The largest absolute Gasteiger partial charge is 0.326 e. The van der Waals surface area contributed by atoms with Crippen molar-refractivity contribution in [3.63, 3.8) is 0 Å². The van der Waals surface area contributed by atoms with Crippen LogP contribution in [0.4, 0.5) is 11.4 Å². The molecule has 0 bridgehead atoms. The van der Waals surface area contributed by atoms with Crippen molar-refractivity contribution in [1.82, 2.24) is 0 Å². The van der Waals surface area contributed by atoms with Gasteiger partial charge in [-0.25, -0.2) is 0 Å². The Labute approximate surface area is 192 Å². The summed E-state index contributed by atoms with van der Waals surface area (Å²) in [6.45, 7) is 3.85. The average molecular weight is 453 g/mol. The van der Waals surface area contributed by atoms with Crippen LogP contribution in [0.1, 0.15) is 36.1 Å². The summed E-state index contributed by atoms with van der Waals surface area (Å²) < 4.78 is 0. The average Bonchev–Trinajstić information content (AvgIpc) is 2.77. The number of halogens is 1. The maximum Gasteiger partial charge on any atom is 0.242 e. The molecule has 6 heteroatoms. The third-order valence-corrected chi connectivity index (χ3v) is 6.41. The molecule has 0 aromatic heterocycles. The molecule has 0 spiro atoms. The molecular formula is C25H25ClN2O2S. The number of rotatable bonds is 8. The van der Waals surface area contributed by atoms with E-state index < -0.39 is 5.25 Å². The number of benzene rings is 3. The lowest BCUT2D eigenvalue weighted by atomic mass is 10.1. The summed E-state index contributed by atoms with van der Waals surface area (Å²) in [6.07, 6.45) is 1.30. The van der Waals surface area contributed by atoms with E-state index in [1.165, 1.54) is 11.8 Å². The minimum absolute atomic E-state index is 0.00124. The van der Waals surface area contributed by atoms with Gasteiger partial charge in [0.2, 0.25) is 11.8 Å². The highest BCUT2D eigenvalue weighted by atomic mass is 35.5. The van der Waals surface area contributed by atoms with E-state index in [-0.39, 0.29) is 11.8 Å². The molecule has 3 aromatic rings. The molecule has 2 amide bonds. The molecule has 2 N–H and O–H groups in total. The topological polar surface area (TPSA) is 58.2 Å². The Morgan fingerprint density at radius 2 is 1.65 bits per heavy atom. The van der Waals surface area contributed by atoms with Crippen molar-refractivity contribution in [2.75, 3.05) is 10.6 Å². The van der Waals surface area contributed by atoms with Crippen LogP contribution in [0.2, 0.25) is 5.02 Å². The van der Waals surface area contributed by atoms with Crippen molar-refractivity contribution in [2.24, 2.45) is 0 Å². The zero-order chi connectivity index (χ0) is 22.2.